The molecule has 4 rings (SSSR count). The van der Waals surface area contributed by atoms with E-state index in [2.05, 4.69) is 30.4 Å². The molecular formula is C19H23N7O. The Kier molecular flexibility index (Phi) is 5.22. The van der Waals surface area contributed by atoms with Crippen molar-refractivity contribution in [2.24, 2.45) is 5.92 Å². The molecule has 8 heteroatoms. The Bertz CT molecular complexity index is 895. The van der Waals surface area contributed by atoms with Crippen molar-refractivity contribution in [2.75, 3.05) is 24.5 Å². The molecule has 1 amide bonds. The fraction of sp³-hybridized carbons (Fsp3) is 0.421. The predicted octanol–water partition coefficient (Wildman–Crippen LogP) is 1.48. The molecule has 1 N–H and O–H groups in total. The first-order valence-electron chi connectivity index (χ1n) is 9.39. The highest BCUT2D eigenvalue weighted by Crippen LogP contribution is 2.20. The van der Waals surface area contributed by atoms with Gasteiger partial charge in [0.05, 0.1) is 5.92 Å². The summed E-state index contributed by atoms with van der Waals surface area (Å²) in [6.45, 7) is 2.21. The number of fused-ring (bicyclic) bond motifs is 1. The summed E-state index contributed by atoms with van der Waals surface area (Å²) in [6, 6.07) is 7.65. The molecule has 1 fully saturated rings. The third-order valence-electron chi connectivity index (χ3n) is 4.89. The topological polar surface area (TPSA) is 88.3 Å². The number of carbonyl (C=O) groups is 1. The lowest BCUT2D eigenvalue weighted by Crippen LogP contribution is -2.43. The molecule has 8 nitrogen and oxygen atoms in total. The van der Waals surface area contributed by atoms with Crippen LogP contribution in [0.1, 0.15) is 25.1 Å². The second-order valence-corrected chi connectivity index (χ2v) is 6.77. The summed E-state index contributed by atoms with van der Waals surface area (Å²) in [4.78, 5) is 23.2. The van der Waals surface area contributed by atoms with Crippen LogP contribution < -0.4 is 10.2 Å². The molecule has 0 saturated carbocycles. The Labute approximate surface area is 157 Å². The van der Waals surface area contributed by atoms with E-state index in [4.69, 9.17) is 0 Å². The zero-order valence-corrected chi connectivity index (χ0v) is 15.2. The van der Waals surface area contributed by atoms with E-state index < -0.39 is 0 Å². The molecule has 0 radical (unpaired) electrons. The van der Waals surface area contributed by atoms with E-state index in [1.165, 1.54) is 0 Å². The summed E-state index contributed by atoms with van der Waals surface area (Å²) in [6.07, 6.45) is 8.93. The molecule has 0 aromatic carbocycles. The van der Waals surface area contributed by atoms with Crippen LogP contribution in [0.15, 0.2) is 42.9 Å². The number of nitrogens with one attached hydrogen (secondary N) is 1. The second kappa shape index (κ2) is 8.11. The van der Waals surface area contributed by atoms with Crippen molar-refractivity contribution < 1.29 is 4.79 Å². The highest BCUT2D eigenvalue weighted by molar-refractivity contribution is 5.79. The van der Waals surface area contributed by atoms with Crippen LogP contribution in [-0.2, 0) is 11.2 Å². The van der Waals surface area contributed by atoms with Crippen molar-refractivity contribution in [3.8, 4) is 0 Å². The van der Waals surface area contributed by atoms with Crippen molar-refractivity contribution in [2.45, 2.75) is 25.7 Å². The molecule has 3 aromatic rings. The van der Waals surface area contributed by atoms with Gasteiger partial charge in [-0.05, 0) is 37.5 Å². The van der Waals surface area contributed by atoms with Gasteiger partial charge in [0, 0.05) is 44.6 Å². The van der Waals surface area contributed by atoms with Gasteiger partial charge in [-0.25, -0.2) is 9.97 Å². The molecule has 3 aromatic heterocycles. The molecule has 4 heterocycles. The average molecular weight is 365 g/mol. The van der Waals surface area contributed by atoms with Gasteiger partial charge in [0.1, 0.15) is 5.82 Å². The van der Waals surface area contributed by atoms with E-state index in [0.29, 0.717) is 19.0 Å². The summed E-state index contributed by atoms with van der Waals surface area (Å²) in [7, 11) is 0. The standard InChI is InChI=1S/C19H23N7O/c27-18(15-6-4-12-25(14-15)19-21-10-5-11-22-19)20-9-3-8-17-24-23-16-7-1-2-13-26(16)17/h1-2,5,7,10-11,13,15H,3-4,6,8-9,12,14H2,(H,20,27)/t15-/m1/s1. The van der Waals surface area contributed by atoms with Crippen LogP contribution in [0.25, 0.3) is 5.65 Å². The molecule has 1 aliphatic rings. The lowest BCUT2D eigenvalue weighted by Gasteiger charge is -2.31. The highest BCUT2D eigenvalue weighted by atomic mass is 16.1. The maximum atomic E-state index is 12.5. The highest BCUT2D eigenvalue weighted by Gasteiger charge is 2.26. The molecule has 1 saturated heterocycles. The monoisotopic (exact) mass is 365 g/mol. The van der Waals surface area contributed by atoms with Crippen LogP contribution in [0, 0.1) is 5.92 Å². The van der Waals surface area contributed by atoms with Gasteiger partial charge < -0.3 is 10.2 Å². The summed E-state index contributed by atoms with van der Waals surface area (Å²) < 4.78 is 1.99. The Morgan fingerprint density at radius 2 is 2.07 bits per heavy atom. The van der Waals surface area contributed by atoms with Crippen LogP contribution in [-0.4, -0.2) is 50.1 Å². The minimum absolute atomic E-state index is 0.0171. The molecule has 0 unspecified atom stereocenters. The number of carbonyl (C=O) groups excluding carboxylic acids is 1. The lowest BCUT2D eigenvalue weighted by molar-refractivity contribution is -0.125. The third kappa shape index (κ3) is 4.05. The number of amides is 1. The summed E-state index contributed by atoms with van der Waals surface area (Å²) >= 11 is 0. The summed E-state index contributed by atoms with van der Waals surface area (Å²) in [5, 5.41) is 11.4. The molecule has 140 valence electrons. The Balaban J connectivity index is 1.25. The van der Waals surface area contributed by atoms with E-state index in [0.717, 1.165) is 43.7 Å². The molecule has 1 aliphatic heterocycles. The van der Waals surface area contributed by atoms with E-state index in [1.807, 2.05) is 28.8 Å². The van der Waals surface area contributed by atoms with Crippen LogP contribution in [0.5, 0.6) is 0 Å². The normalized spacial score (nSPS) is 17.2. The van der Waals surface area contributed by atoms with Crippen LogP contribution >= 0.6 is 0 Å². The number of anilines is 1. The number of rotatable bonds is 6. The average Bonchev–Trinajstić information content (AvgIpc) is 3.15. The zero-order chi connectivity index (χ0) is 18.5. The van der Waals surface area contributed by atoms with Gasteiger partial charge in [-0.2, -0.15) is 0 Å². The number of aromatic nitrogens is 5. The quantitative estimate of drug-likeness (QED) is 0.666. The lowest BCUT2D eigenvalue weighted by atomic mass is 9.97. The minimum atomic E-state index is -0.0171. The zero-order valence-electron chi connectivity index (χ0n) is 15.2. The number of hydrogen-bond acceptors (Lipinski definition) is 6. The maximum absolute atomic E-state index is 12.5. The Morgan fingerprint density at radius 3 is 2.96 bits per heavy atom. The first-order valence-corrected chi connectivity index (χ1v) is 9.39. The number of pyridine rings is 1. The van der Waals surface area contributed by atoms with Gasteiger partial charge in [0.15, 0.2) is 5.65 Å². The number of nitrogens with zero attached hydrogens (tertiary/aromatic N) is 6. The molecule has 27 heavy (non-hydrogen) atoms. The number of piperidine rings is 1. The Morgan fingerprint density at radius 1 is 1.19 bits per heavy atom. The van der Waals surface area contributed by atoms with Crippen molar-refractivity contribution in [1.82, 2.24) is 29.9 Å². The van der Waals surface area contributed by atoms with E-state index >= 15 is 0 Å². The first kappa shape index (κ1) is 17.4. The fourth-order valence-corrected chi connectivity index (χ4v) is 3.49. The fourth-order valence-electron chi connectivity index (χ4n) is 3.49. The van der Waals surface area contributed by atoms with Gasteiger partial charge >= 0.3 is 0 Å². The van der Waals surface area contributed by atoms with Gasteiger partial charge in [0.25, 0.3) is 0 Å². The van der Waals surface area contributed by atoms with E-state index in [1.54, 1.807) is 18.5 Å². The van der Waals surface area contributed by atoms with Crippen LogP contribution in [0.2, 0.25) is 0 Å². The molecular weight excluding hydrogens is 342 g/mol. The second-order valence-electron chi connectivity index (χ2n) is 6.77. The van der Waals surface area contributed by atoms with Crippen molar-refractivity contribution in [3.05, 3.63) is 48.7 Å². The molecule has 0 bridgehead atoms. The summed E-state index contributed by atoms with van der Waals surface area (Å²) in [5.41, 5.74) is 0.849. The smallest absolute Gasteiger partial charge is 0.225 e. The van der Waals surface area contributed by atoms with Gasteiger partial charge in [0.2, 0.25) is 11.9 Å². The van der Waals surface area contributed by atoms with E-state index in [9.17, 15) is 4.79 Å². The maximum Gasteiger partial charge on any atom is 0.225 e. The van der Waals surface area contributed by atoms with Gasteiger partial charge in [-0.1, -0.05) is 6.07 Å². The molecule has 0 aliphatic carbocycles. The largest absolute Gasteiger partial charge is 0.356 e. The number of aryl methyl sites for hydroxylation is 1. The minimum Gasteiger partial charge on any atom is -0.356 e. The number of hydrogen-bond donors (Lipinski definition) is 1. The van der Waals surface area contributed by atoms with Crippen molar-refractivity contribution >= 4 is 17.5 Å². The van der Waals surface area contributed by atoms with Gasteiger partial charge in [-0.15, -0.1) is 10.2 Å². The Hall–Kier alpha value is -3.03. The van der Waals surface area contributed by atoms with Crippen molar-refractivity contribution in [3.63, 3.8) is 0 Å². The predicted molar refractivity (Wildman–Crippen MR) is 101 cm³/mol. The summed E-state index contributed by atoms with van der Waals surface area (Å²) in [5.74, 6) is 1.72. The third-order valence-corrected chi connectivity index (χ3v) is 4.89. The van der Waals surface area contributed by atoms with Crippen LogP contribution in [0.4, 0.5) is 5.95 Å². The van der Waals surface area contributed by atoms with Crippen LogP contribution in [0.3, 0.4) is 0 Å². The molecule has 1 atom stereocenters. The SMILES string of the molecule is O=C(NCCCc1nnc2ccccn12)[C@@H]1CCCN(c2ncccn2)C1. The molecule has 0 spiro atoms. The van der Waals surface area contributed by atoms with Crippen molar-refractivity contribution in [1.29, 1.82) is 0 Å². The first-order chi connectivity index (χ1) is 13.3. The van der Waals surface area contributed by atoms with Gasteiger partial charge in [-0.3, -0.25) is 9.20 Å². The van der Waals surface area contributed by atoms with E-state index in [-0.39, 0.29) is 11.8 Å².